The van der Waals surface area contributed by atoms with Crippen molar-refractivity contribution in [3.8, 4) is 5.75 Å². The molecule has 7 heteroatoms. The molecule has 1 aromatic rings. The zero-order valence-corrected chi connectivity index (χ0v) is 17.4. The number of ether oxygens (including phenoxy) is 1. The number of carbonyl (C=O) groups is 2. The molecule has 0 bridgehead atoms. The van der Waals surface area contributed by atoms with Gasteiger partial charge in [-0.3, -0.25) is 14.6 Å². The van der Waals surface area contributed by atoms with Gasteiger partial charge < -0.3 is 14.5 Å². The summed E-state index contributed by atoms with van der Waals surface area (Å²) in [7, 11) is 1.72. The molecule has 1 aromatic carbocycles. The number of anilines is 1. The van der Waals surface area contributed by atoms with E-state index in [2.05, 4.69) is 21.9 Å². The molecule has 0 aliphatic carbocycles. The summed E-state index contributed by atoms with van der Waals surface area (Å²) in [6.45, 7) is 6.34. The van der Waals surface area contributed by atoms with Crippen LogP contribution in [0.1, 0.15) is 32.1 Å². The Morgan fingerprint density at radius 3 is 2.48 bits per heavy atom. The summed E-state index contributed by atoms with van der Waals surface area (Å²) in [6.07, 6.45) is 4.79. The molecule has 3 aliphatic rings. The number of methoxy groups -OCH3 is 1. The zero-order valence-electron chi connectivity index (χ0n) is 17.4. The number of fused-ring (bicyclic) bond motifs is 1. The molecule has 0 spiro atoms. The number of imide groups is 1. The van der Waals surface area contributed by atoms with Crippen LogP contribution in [-0.4, -0.2) is 85.6 Å². The molecule has 4 rings (SSSR count). The van der Waals surface area contributed by atoms with Crippen molar-refractivity contribution in [3.63, 3.8) is 0 Å². The Kier molecular flexibility index (Phi) is 6.23. The Morgan fingerprint density at radius 1 is 0.966 bits per heavy atom. The standard InChI is InChI=1S/C22H32N4O3/c1-29-20-10-3-2-8-18(20)24-16-14-23(15-17-24)11-6-7-13-26-21(27)19-9-4-5-12-25(19)22(26)28/h2-3,8,10,19H,4-7,9,11-17H2,1H3/t19-/m1/s1. The molecule has 3 saturated heterocycles. The third kappa shape index (κ3) is 4.20. The van der Waals surface area contributed by atoms with E-state index in [4.69, 9.17) is 4.74 Å². The first-order chi connectivity index (χ1) is 14.2. The maximum Gasteiger partial charge on any atom is 0.327 e. The lowest BCUT2D eigenvalue weighted by Gasteiger charge is -2.36. The second-order valence-electron chi connectivity index (χ2n) is 8.19. The quantitative estimate of drug-likeness (QED) is 0.520. The number of nitrogens with zero attached hydrogens (tertiary/aromatic N) is 4. The number of para-hydroxylation sites is 2. The average molecular weight is 401 g/mol. The molecule has 3 fully saturated rings. The Bertz CT molecular complexity index is 709. The highest BCUT2D eigenvalue weighted by atomic mass is 16.5. The number of piperidine rings is 1. The van der Waals surface area contributed by atoms with E-state index < -0.39 is 0 Å². The highest BCUT2D eigenvalue weighted by molar-refractivity contribution is 6.04. The number of unbranched alkanes of at least 4 members (excludes halogenated alkanes) is 1. The molecule has 0 aromatic heterocycles. The van der Waals surface area contributed by atoms with Crippen molar-refractivity contribution in [2.45, 2.75) is 38.1 Å². The van der Waals surface area contributed by atoms with Crippen LogP contribution < -0.4 is 9.64 Å². The van der Waals surface area contributed by atoms with Gasteiger partial charge >= 0.3 is 6.03 Å². The second kappa shape index (κ2) is 9.03. The molecule has 3 heterocycles. The summed E-state index contributed by atoms with van der Waals surface area (Å²) in [5.41, 5.74) is 1.16. The van der Waals surface area contributed by atoms with E-state index in [0.29, 0.717) is 6.54 Å². The van der Waals surface area contributed by atoms with Crippen LogP contribution in [0.2, 0.25) is 0 Å². The lowest BCUT2D eigenvalue weighted by atomic mass is 10.0. The fourth-order valence-electron chi connectivity index (χ4n) is 4.76. The monoisotopic (exact) mass is 400 g/mol. The van der Waals surface area contributed by atoms with E-state index >= 15 is 0 Å². The number of carbonyl (C=O) groups excluding carboxylic acids is 2. The van der Waals surface area contributed by atoms with Gasteiger partial charge in [0.25, 0.3) is 5.91 Å². The van der Waals surface area contributed by atoms with Gasteiger partial charge in [0, 0.05) is 39.3 Å². The van der Waals surface area contributed by atoms with E-state index in [0.717, 1.165) is 82.8 Å². The smallest absolute Gasteiger partial charge is 0.327 e. The summed E-state index contributed by atoms with van der Waals surface area (Å²) in [6, 6.07) is 7.93. The summed E-state index contributed by atoms with van der Waals surface area (Å²) in [5.74, 6) is 0.956. The fraction of sp³-hybridized carbons (Fsp3) is 0.636. The lowest BCUT2D eigenvalue weighted by Crippen LogP contribution is -2.46. The first-order valence-electron chi connectivity index (χ1n) is 10.9. The highest BCUT2D eigenvalue weighted by Gasteiger charge is 2.45. The Hall–Kier alpha value is -2.28. The number of amides is 3. The van der Waals surface area contributed by atoms with Gasteiger partial charge in [-0.05, 0) is 50.8 Å². The molecule has 0 N–H and O–H groups in total. The van der Waals surface area contributed by atoms with Crippen molar-refractivity contribution < 1.29 is 14.3 Å². The van der Waals surface area contributed by atoms with Crippen LogP contribution in [0, 0.1) is 0 Å². The van der Waals surface area contributed by atoms with Gasteiger partial charge in [-0.25, -0.2) is 4.79 Å². The number of piperazine rings is 1. The van der Waals surface area contributed by atoms with E-state index in [1.54, 1.807) is 12.0 Å². The van der Waals surface area contributed by atoms with Crippen LogP contribution in [0.4, 0.5) is 10.5 Å². The van der Waals surface area contributed by atoms with E-state index in [1.807, 2.05) is 12.1 Å². The van der Waals surface area contributed by atoms with Crippen molar-refractivity contribution in [2.24, 2.45) is 0 Å². The molecule has 3 amide bonds. The van der Waals surface area contributed by atoms with Crippen molar-refractivity contribution >= 4 is 17.6 Å². The van der Waals surface area contributed by atoms with Crippen molar-refractivity contribution in [2.75, 3.05) is 57.8 Å². The van der Waals surface area contributed by atoms with Gasteiger partial charge in [0.05, 0.1) is 12.8 Å². The van der Waals surface area contributed by atoms with Crippen LogP contribution in [0.15, 0.2) is 24.3 Å². The molecular formula is C22H32N4O3. The third-order valence-corrected chi connectivity index (χ3v) is 6.43. The number of hydrogen-bond donors (Lipinski definition) is 0. The Balaban J connectivity index is 1.19. The molecule has 1 atom stereocenters. The molecule has 29 heavy (non-hydrogen) atoms. The van der Waals surface area contributed by atoms with E-state index in [1.165, 1.54) is 4.90 Å². The Labute approximate surface area is 173 Å². The molecule has 7 nitrogen and oxygen atoms in total. The van der Waals surface area contributed by atoms with Crippen LogP contribution in [0.25, 0.3) is 0 Å². The summed E-state index contributed by atoms with van der Waals surface area (Å²) in [4.78, 5) is 33.1. The van der Waals surface area contributed by atoms with Gasteiger partial charge in [-0.15, -0.1) is 0 Å². The van der Waals surface area contributed by atoms with Gasteiger partial charge in [-0.2, -0.15) is 0 Å². The normalized spacial score (nSPS) is 22.9. The summed E-state index contributed by atoms with van der Waals surface area (Å²) < 4.78 is 5.49. The SMILES string of the molecule is COc1ccccc1N1CCN(CCCCN2C(=O)[C@H]3CCCCN3C2=O)CC1. The zero-order chi connectivity index (χ0) is 20.2. The predicted octanol–water partition coefficient (Wildman–Crippen LogP) is 2.41. The van der Waals surface area contributed by atoms with E-state index in [9.17, 15) is 9.59 Å². The highest BCUT2D eigenvalue weighted by Crippen LogP contribution is 2.29. The molecule has 0 unspecified atom stereocenters. The molecule has 0 saturated carbocycles. The first kappa shape index (κ1) is 20.0. The summed E-state index contributed by atoms with van der Waals surface area (Å²) in [5, 5.41) is 0. The van der Waals surface area contributed by atoms with Crippen LogP contribution >= 0.6 is 0 Å². The number of hydrogen-bond acceptors (Lipinski definition) is 5. The number of urea groups is 1. The minimum Gasteiger partial charge on any atom is -0.495 e. The van der Waals surface area contributed by atoms with Crippen molar-refractivity contribution in [1.29, 1.82) is 0 Å². The third-order valence-electron chi connectivity index (χ3n) is 6.43. The maximum absolute atomic E-state index is 12.5. The van der Waals surface area contributed by atoms with Gasteiger partial charge in [0.1, 0.15) is 11.8 Å². The van der Waals surface area contributed by atoms with Crippen molar-refractivity contribution in [3.05, 3.63) is 24.3 Å². The second-order valence-corrected chi connectivity index (χ2v) is 8.19. The average Bonchev–Trinajstić information content (AvgIpc) is 3.02. The topological polar surface area (TPSA) is 56.3 Å². The number of rotatable bonds is 7. The van der Waals surface area contributed by atoms with Gasteiger partial charge in [0.2, 0.25) is 0 Å². The first-order valence-corrected chi connectivity index (χ1v) is 10.9. The van der Waals surface area contributed by atoms with Crippen molar-refractivity contribution in [1.82, 2.24) is 14.7 Å². The molecule has 0 radical (unpaired) electrons. The molecule has 3 aliphatic heterocycles. The van der Waals surface area contributed by atoms with Crippen LogP contribution in [0.3, 0.4) is 0 Å². The molecule has 158 valence electrons. The largest absolute Gasteiger partial charge is 0.495 e. The van der Waals surface area contributed by atoms with Gasteiger partial charge in [0.15, 0.2) is 0 Å². The van der Waals surface area contributed by atoms with E-state index in [-0.39, 0.29) is 18.0 Å². The maximum atomic E-state index is 12.5. The minimum atomic E-state index is -0.181. The predicted molar refractivity (Wildman–Crippen MR) is 112 cm³/mol. The minimum absolute atomic E-state index is 0.0279. The van der Waals surface area contributed by atoms with Crippen LogP contribution in [-0.2, 0) is 4.79 Å². The molecular weight excluding hydrogens is 368 g/mol. The van der Waals surface area contributed by atoms with Gasteiger partial charge in [-0.1, -0.05) is 12.1 Å². The van der Waals surface area contributed by atoms with Crippen LogP contribution in [0.5, 0.6) is 5.75 Å². The number of benzene rings is 1. The Morgan fingerprint density at radius 2 is 1.72 bits per heavy atom. The summed E-state index contributed by atoms with van der Waals surface area (Å²) >= 11 is 0. The fourth-order valence-corrected chi connectivity index (χ4v) is 4.76. The lowest BCUT2D eigenvalue weighted by molar-refractivity contribution is -0.128.